The first-order chi connectivity index (χ1) is 13.1. The Bertz CT molecular complexity index is 947. The second-order valence-corrected chi connectivity index (χ2v) is 6.18. The van der Waals surface area contributed by atoms with Crippen LogP contribution in [0.1, 0.15) is 22.6 Å². The van der Waals surface area contributed by atoms with Crippen LogP contribution in [0, 0.1) is 19.7 Å². The molecule has 0 radical (unpaired) electrons. The number of aliphatic imine (C=N–C) groups is 1. The fourth-order valence-electron chi connectivity index (χ4n) is 2.86. The molecule has 0 unspecified atom stereocenters. The number of nitrogens with one attached hydrogen (secondary N) is 2. The molecule has 3 aromatic rings. The highest BCUT2D eigenvalue weighted by atomic mass is 19.1. The third-order valence-corrected chi connectivity index (χ3v) is 4.16. The molecule has 2 heterocycles. The van der Waals surface area contributed by atoms with Gasteiger partial charge in [0.25, 0.3) is 0 Å². The fraction of sp³-hybridized carbons (Fsp3) is 0.250. The molecule has 0 fully saturated rings. The van der Waals surface area contributed by atoms with Crippen LogP contribution >= 0.6 is 0 Å². The number of hydrogen-bond acceptors (Lipinski definition) is 3. The molecule has 0 saturated heterocycles. The van der Waals surface area contributed by atoms with Crippen molar-refractivity contribution in [3.8, 4) is 5.69 Å². The number of aryl methyl sites for hydroxylation is 2. The van der Waals surface area contributed by atoms with Crippen LogP contribution in [0.5, 0.6) is 0 Å². The zero-order chi connectivity index (χ0) is 19.2. The Morgan fingerprint density at radius 3 is 2.59 bits per heavy atom. The van der Waals surface area contributed by atoms with Gasteiger partial charge in [0.05, 0.1) is 23.6 Å². The number of benzene rings is 1. The number of aromatic nitrogens is 3. The Labute approximate surface area is 158 Å². The van der Waals surface area contributed by atoms with Gasteiger partial charge >= 0.3 is 0 Å². The molecule has 2 aromatic heterocycles. The van der Waals surface area contributed by atoms with Gasteiger partial charge in [-0.15, -0.1) is 0 Å². The molecule has 0 aliphatic rings. The average Bonchev–Trinajstić information content (AvgIpc) is 3.01. The Morgan fingerprint density at radius 1 is 1.11 bits per heavy atom. The average molecular weight is 366 g/mol. The van der Waals surface area contributed by atoms with Crippen molar-refractivity contribution in [1.29, 1.82) is 0 Å². The Hall–Kier alpha value is -3.22. The van der Waals surface area contributed by atoms with Gasteiger partial charge in [0.1, 0.15) is 5.82 Å². The van der Waals surface area contributed by atoms with Crippen LogP contribution in [-0.4, -0.2) is 27.8 Å². The highest BCUT2D eigenvalue weighted by Gasteiger charge is 2.09. The number of guanidine groups is 1. The maximum atomic E-state index is 13.7. The zero-order valence-electron chi connectivity index (χ0n) is 15.7. The van der Waals surface area contributed by atoms with Gasteiger partial charge in [-0.1, -0.05) is 18.2 Å². The third kappa shape index (κ3) is 4.49. The van der Waals surface area contributed by atoms with Crippen molar-refractivity contribution in [3.63, 3.8) is 0 Å². The topological polar surface area (TPSA) is 67.1 Å². The standard InChI is InChI=1S/C20H23FN6/c1-14-11-15(2)27(26-14)19-9-5-4-7-16(19)12-24-20(22-3)25-13-18-17(21)8-6-10-23-18/h4-11H,12-13H2,1-3H3,(H2,22,24,25). The quantitative estimate of drug-likeness (QED) is 0.538. The van der Waals surface area contributed by atoms with Gasteiger partial charge in [-0.2, -0.15) is 5.10 Å². The summed E-state index contributed by atoms with van der Waals surface area (Å²) in [6, 6.07) is 13.1. The third-order valence-electron chi connectivity index (χ3n) is 4.16. The monoisotopic (exact) mass is 366 g/mol. The molecule has 0 aliphatic heterocycles. The summed E-state index contributed by atoms with van der Waals surface area (Å²) in [6.45, 7) is 4.82. The van der Waals surface area contributed by atoms with Gasteiger partial charge in [0, 0.05) is 25.5 Å². The summed E-state index contributed by atoms with van der Waals surface area (Å²) in [5, 5.41) is 10.9. The van der Waals surface area contributed by atoms with E-state index >= 15 is 0 Å². The first kappa shape index (κ1) is 18.6. The molecule has 0 atom stereocenters. The predicted octanol–water partition coefficient (Wildman–Crippen LogP) is 2.89. The van der Waals surface area contributed by atoms with Crippen LogP contribution in [0.4, 0.5) is 4.39 Å². The first-order valence-electron chi connectivity index (χ1n) is 8.74. The summed E-state index contributed by atoms with van der Waals surface area (Å²) in [4.78, 5) is 8.23. The molecular formula is C20H23FN6. The van der Waals surface area contributed by atoms with Crippen molar-refractivity contribution >= 4 is 5.96 Å². The van der Waals surface area contributed by atoms with E-state index in [1.807, 2.05) is 48.9 Å². The van der Waals surface area contributed by atoms with Crippen molar-refractivity contribution in [2.24, 2.45) is 4.99 Å². The minimum absolute atomic E-state index is 0.255. The lowest BCUT2D eigenvalue weighted by molar-refractivity contribution is 0.592. The summed E-state index contributed by atoms with van der Waals surface area (Å²) in [7, 11) is 1.68. The largest absolute Gasteiger partial charge is 0.352 e. The molecule has 6 nitrogen and oxygen atoms in total. The van der Waals surface area contributed by atoms with E-state index in [0.717, 1.165) is 22.6 Å². The van der Waals surface area contributed by atoms with E-state index in [9.17, 15) is 4.39 Å². The summed E-state index contributed by atoms with van der Waals surface area (Å²) in [5.74, 6) is 0.235. The van der Waals surface area contributed by atoms with Gasteiger partial charge in [-0.05, 0) is 43.7 Å². The Balaban J connectivity index is 1.69. The number of para-hydroxylation sites is 1. The second kappa shape index (κ2) is 8.44. The minimum Gasteiger partial charge on any atom is -0.352 e. The summed E-state index contributed by atoms with van der Waals surface area (Å²) in [6.07, 6.45) is 1.57. The molecule has 3 rings (SSSR count). The van der Waals surface area contributed by atoms with Crippen LogP contribution in [-0.2, 0) is 13.1 Å². The highest BCUT2D eigenvalue weighted by molar-refractivity contribution is 5.79. The predicted molar refractivity (Wildman–Crippen MR) is 104 cm³/mol. The van der Waals surface area contributed by atoms with E-state index in [1.165, 1.54) is 6.07 Å². The van der Waals surface area contributed by atoms with Gasteiger partial charge < -0.3 is 10.6 Å². The van der Waals surface area contributed by atoms with E-state index in [0.29, 0.717) is 18.2 Å². The van der Waals surface area contributed by atoms with Crippen molar-refractivity contribution in [2.75, 3.05) is 7.05 Å². The molecule has 27 heavy (non-hydrogen) atoms. The SMILES string of the molecule is CN=C(NCc1ccccc1-n1nc(C)cc1C)NCc1ncccc1F. The van der Waals surface area contributed by atoms with E-state index in [-0.39, 0.29) is 12.4 Å². The van der Waals surface area contributed by atoms with Crippen molar-refractivity contribution < 1.29 is 4.39 Å². The summed E-state index contributed by atoms with van der Waals surface area (Å²) >= 11 is 0. The minimum atomic E-state index is -0.338. The number of halogens is 1. The molecule has 0 bridgehead atoms. The lowest BCUT2D eigenvalue weighted by Gasteiger charge is -2.15. The van der Waals surface area contributed by atoms with Gasteiger partial charge in [0.2, 0.25) is 0 Å². The van der Waals surface area contributed by atoms with E-state index in [2.05, 4.69) is 25.7 Å². The van der Waals surface area contributed by atoms with Crippen LogP contribution < -0.4 is 10.6 Å². The lowest BCUT2D eigenvalue weighted by Crippen LogP contribution is -2.37. The molecule has 0 saturated carbocycles. The first-order valence-corrected chi connectivity index (χ1v) is 8.74. The van der Waals surface area contributed by atoms with Gasteiger partial charge in [-0.3, -0.25) is 9.98 Å². The normalized spacial score (nSPS) is 11.5. The fourth-order valence-corrected chi connectivity index (χ4v) is 2.86. The van der Waals surface area contributed by atoms with Crippen molar-refractivity contribution in [2.45, 2.75) is 26.9 Å². The molecule has 0 aliphatic carbocycles. The molecule has 2 N–H and O–H groups in total. The molecule has 0 spiro atoms. The molecule has 1 aromatic carbocycles. The van der Waals surface area contributed by atoms with Crippen molar-refractivity contribution in [1.82, 2.24) is 25.4 Å². The maximum Gasteiger partial charge on any atom is 0.191 e. The van der Waals surface area contributed by atoms with E-state index in [4.69, 9.17) is 0 Å². The Morgan fingerprint density at radius 2 is 1.89 bits per heavy atom. The molecule has 140 valence electrons. The Kier molecular flexibility index (Phi) is 5.80. The number of rotatable bonds is 5. The maximum absolute atomic E-state index is 13.7. The summed E-state index contributed by atoms with van der Waals surface area (Å²) in [5.41, 5.74) is 4.50. The number of nitrogens with zero attached hydrogens (tertiary/aromatic N) is 4. The van der Waals surface area contributed by atoms with E-state index in [1.54, 1.807) is 19.3 Å². The smallest absolute Gasteiger partial charge is 0.191 e. The number of pyridine rings is 1. The van der Waals surface area contributed by atoms with Gasteiger partial charge in [0.15, 0.2) is 5.96 Å². The van der Waals surface area contributed by atoms with Crippen LogP contribution in [0.15, 0.2) is 53.7 Å². The molecule has 7 heteroatoms. The summed E-state index contributed by atoms with van der Waals surface area (Å²) < 4.78 is 15.6. The lowest BCUT2D eigenvalue weighted by atomic mass is 10.1. The molecule has 0 amide bonds. The number of hydrogen-bond donors (Lipinski definition) is 2. The van der Waals surface area contributed by atoms with Crippen LogP contribution in [0.25, 0.3) is 5.69 Å². The second-order valence-electron chi connectivity index (χ2n) is 6.18. The zero-order valence-corrected chi connectivity index (χ0v) is 15.7. The van der Waals surface area contributed by atoms with Gasteiger partial charge in [-0.25, -0.2) is 9.07 Å². The highest BCUT2D eigenvalue weighted by Crippen LogP contribution is 2.16. The van der Waals surface area contributed by atoms with E-state index < -0.39 is 0 Å². The van der Waals surface area contributed by atoms with Crippen LogP contribution in [0.3, 0.4) is 0 Å². The molecular weight excluding hydrogens is 343 g/mol. The van der Waals surface area contributed by atoms with Crippen LogP contribution in [0.2, 0.25) is 0 Å². The van der Waals surface area contributed by atoms with Crippen molar-refractivity contribution in [3.05, 3.63) is 77.1 Å².